The maximum absolute atomic E-state index is 13.5. The van der Waals surface area contributed by atoms with Gasteiger partial charge in [-0.15, -0.1) is 0 Å². The van der Waals surface area contributed by atoms with E-state index in [1.807, 2.05) is 38.1 Å². The summed E-state index contributed by atoms with van der Waals surface area (Å²) in [6, 6.07) is 12.1. The Hall–Kier alpha value is -4.71. The van der Waals surface area contributed by atoms with Crippen LogP contribution in [0.2, 0.25) is 0 Å². The number of carbonyl (C=O) groups excluding carboxylic acids is 4. The van der Waals surface area contributed by atoms with Gasteiger partial charge in [-0.25, -0.2) is 0 Å². The van der Waals surface area contributed by atoms with Gasteiger partial charge in [0.25, 0.3) is 5.91 Å². The number of Topliss-reactive ketones (excluding diaryl/α,β-unsaturated/α-hetero) is 1. The van der Waals surface area contributed by atoms with Crippen molar-refractivity contribution in [3.63, 3.8) is 0 Å². The van der Waals surface area contributed by atoms with E-state index < -0.39 is 6.10 Å². The van der Waals surface area contributed by atoms with Crippen LogP contribution < -0.4 is 14.8 Å². The third kappa shape index (κ3) is 8.18. The molecule has 5 rings (SSSR count). The van der Waals surface area contributed by atoms with Gasteiger partial charge >= 0.3 is 0 Å². The molecule has 1 saturated heterocycles. The molecule has 2 aromatic carbocycles. The Bertz CT molecular complexity index is 1670. The number of nitrogens with one attached hydrogen (secondary N) is 1. The van der Waals surface area contributed by atoms with Gasteiger partial charge in [0, 0.05) is 37.5 Å². The zero-order valence-electron chi connectivity index (χ0n) is 27.9. The van der Waals surface area contributed by atoms with Crippen LogP contribution in [0, 0.1) is 19.8 Å². The van der Waals surface area contributed by atoms with Crippen LogP contribution in [0.3, 0.4) is 0 Å². The summed E-state index contributed by atoms with van der Waals surface area (Å²) < 4.78 is 20.1. The first-order valence-electron chi connectivity index (χ1n) is 15.9. The standard InChI is InChI=1S/C35H43N5O7/c1-21(2)19-45-28-13-26-14-29(15-28)47-27-9-7-8-25(12-27)20-46-31-16-39(11-10-30(31)36-32(42)17-38(6)35(26)44)33(43)18-40-23(4)34(24(5)41)22(3)37-40/h7-9,12-15,21,30-31H,10-11,16-20H2,1-6H3,(H,36,42)/t30-,31-/m0/s1. The molecule has 0 aliphatic carbocycles. The van der Waals surface area contributed by atoms with Gasteiger partial charge in [0.2, 0.25) is 11.8 Å². The SMILES string of the molecule is CC(=O)c1c(C)nn(CC(=O)N2CC[C@@H]3NC(=O)CN(C)C(=O)c4cc(OCC(C)C)cc(c4)Oc4cccc(c4)CO[C@H]3C2)c1C. The van der Waals surface area contributed by atoms with Gasteiger partial charge in [-0.3, -0.25) is 23.9 Å². The highest BCUT2D eigenvalue weighted by Gasteiger charge is 2.34. The van der Waals surface area contributed by atoms with Crippen molar-refractivity contribution in [2.75, 3.05) is 33.3 Å². The van der Waals surface area contributed by atoms with Crippen molar-refractivity contribution in [1.29, 1.82) is 0 Å². The Morgan fingerprint density at radius 1 is 1.11 bits per heavy atom. The van der Waals surface area contributed by atoms with E-state index in [1.54, 1.807) is 48.7 Å². The summed E-state index contributed by atoms with van der Waals surface area (Å²) in [5, 5.41) is 7.47. The Labute approximate surface area is 274 Å². The molecule has 47 heavy (non-hydrogen) atoms. The summed E-state index contributed by atoms with van der Waals surface area (Å²) in [5.74, 6) is 0.826. The smallest absolute Gasteiger partial charge is 0.254 e. The molecule has 1 fully saturated rings. The molecule has 0 unspecified atom stereocenters. The van der Waals surface area contributed by atoms with E-state index in [0.717, 1.165) is 5.56 Å². The molecule has 2 atom stereocenters. The minimum Gasteiger partial charge on any atom is -0.493 e. The minimum absolute atomic E-state index is 0.0135. The number of benzene rings is 2. The van der Waals surface area contributed by atoms with Crippen LogP contribution in [0.15, 0.2) is 42.5 Å². The first kappa shape index (κ1) is 33.6. The highest BCUT2D eigenvalue weighted by atomic mass is 16.5. The molecule has 0 radical (unpaired) electrons. The van der Waals surface area contributed by atoms with E-state index in [-0.39, 0.29) is 61.7 Å². The molecule has 12 heteroatoms. The first-order chi connectivity index (χ1) is 22.4. The summed E-state index contributed by atoms with van der Waals surface area (Å²) >= 11 is 0. The largest absolute Gasteiger partial charge is 0.493 e. The number of aryl methyl sites for hydroxylation is 1. The molecule has 2 aliphatic heterocycles. The molecular formula is C35H43N5O7. The van der Waals surface area contributed by atoms with Crippen LogP contribution >= 0.6 is 0 Å². The lowest BCUT2D eigenvalue weighted by Crippen LogP contribution is -2.57. The number of hydrogen-bond acceptors (Lipinski definition) is 8. The predicted octanol–water partition coefficient (Wildman–Crippen LogP) is 3.92. The van der Waals surface area contributed by atoms with Crippen molar-refractivity contribution in [3.8, 4) is 17.2 Å². The predicted molar refractivity (Wildman–Crippen MR) is 174 cm³/mol. The lowest BCUT2D eigenvalue weighted by molar-refractivity contribution is -0.138. The Morgan fingerprint density at radius 2 is 1.89 bits per heavy atom. The van der Waals surface area contributed by atoms with Crippen LogP contribution in [0.25, 0.3) is 0 Å². The maximum Gasteiger partial charge on any atom is 0.254 e. The van der Waals surface area contributed by atoms with E-state index in [9.17, 15) is 19.2 Å². The molecule has 2 aliphatic rings. The molecule has 12 nitrogen and oxygen atoms in total. The van der Waals surface area contributed by atoms with Crippen LogP contribution in [-0.2, 0) is 27.5 Å². The number of piperidine rings is 1. The number of aromatic nitrogens is 2. The van der Waals surface area contributed by atoms with Gasteiger partial charge in [0.1, 0.15) is 23.8 Å². The lowest BCUT2D eigenvalue weighted by atomic mass is 10.0. The molecule has 250 valence electrons. The van der Waals surface area contributed by atoms with Crippen LogP contribution in [-0.4, -0.2) is 88.5 Å². The van der Waals surface area contributed by atoms with E-state index in [4.69, 9.17) is 14.2 Å². The molecule has 3 aromatic rings. The second-order valence-corrected chi connectivity index (χ2v) is 12.7. The van der Waals surface area contributed by atoms with Gasteiger partial charge < -0.3 is 29.3 Å². The summed E-state index contributed by atoms with van der Waals surface area (Å²) in [6.07, 6.45) is -0.0612. The maximum atomic E-state index is 13.5. The number of carbonyl (C=O) groups is 4. The Balaban J connectivity index is 1.38. The third-order valence-electron chi connectivity index (χ3n) is 8.31. The number of fused-ring (bicyclic) bond motifs is 5. The number of likely N-dealkylation sites (tertiary alicyclic amines) is 1. The second-order valence-electron chi connectivity index (χ2n) is 12.7. The summed E-state index contributed by atoms with van der Waals surface area (Å²) in [6.45, 7) is 10.3. The first-order valence-corrected chi connectivity index (χ1v) is 15.9. The van der Waals surface area contributed by atoms with Gasteiger partial charge in [0.15, 0.2) is 5.78 Å². The normalized spacial score (nSPS) is 18.8. The molecule has 4 bridgehead atoms. The van der Waals surface area contributed by atoms with E-state index in [0.29, 0.717) is 59.3 Å². The number of rotatable bonds is 6. The summed E-state index contributed by atoms with van der Waals surface area (Å²) in [5.41, 5.74) is 2.95. The molecule has 0 saturated carbocycles. The lowest BCUT2D eigenvalue weighted by Gasteiger charge is -2.39. The fourth-order valence-electron chi connectivity index (χ4n) is 5.96. The van der Waals surface area contributed by atoms with Gasteiger partial charge in [-0.1, -0.05) is 26.0 Å². The molecular weight excluding hydrogens is 602 g/mol. The number of amides is 3. The summed E-state index contributed by atoms with van der Waals surface area (Å²) in [7, 11) is 1.57. The highest BCUT2D eigenvalue weighted by Crippen LogP contribution is 2.30. The van der Waals surface area contributed by atoms with Crippen LogP contribution in [0.5, 0.6) is 17.2 Å². The molecule has 1 aromatic heterocycles. The molecule has 1 N–H and O–H groups in total. The summed E-state index contributed by atoms with van der Waals surface area (Å²) in [4.78, 5) is 55.3. The van der Waals surface area contributed by atoms with Crippen molar-refractivity contribution in [1.82, 2.24) is 24.9 Å². The number of hydrogen-bond donors (Lipinski definition) is 1. The number of nitrogens with zero attached hydrogens (tertiary/aromatic N) is 4. The average molecular weight is 646 g/mol. The topological polar surface area (TPSA) is 132 Å². The average Bonchev–Trinajstić information content (AvgIpc) is 3.30. The quantitative estimate of drug-likeness (QED) is 0.399. The molecule has 0 spiro atoms. The van der Waals surface area contributed by atoms with Gasteiger partial charge in [0.05, 0.1) is 43.2 Å². The fraction of sp³-hybridized carbons (Fsp3) is 0.457. The minimum atomic E-state index is -0.517. The van der Waals surface area contributed by atoms with E-state index in [1.165, 1.54) is 11.8 Å². The molecule has 3 heterocycles. The van der Waals surface area contributed by atoms with E-state index in [2.05, 4.69) is 10.4 Å². The molecule has 3 amide bonds. The number of ether oxygens (including phenoxy) is 3. The monoisotopic (exact) mass is 645 g/mol. The van der Waals surface area contributed by atoms with Crippen molar-refractivity contribution in [2.45, 2.75) is 66.3 Å². The van der Waals surface area contributed by atoms with Crippen molar-refractivity contribution in [3.05, 3.63) is 70.5 Å². The van der Waals surface area contributed by atoms with Gasteiger partial charge in [-0.05, 0) is 62.9 Å². The van der Waals surface area contributed by atoms with Crippen LogP contribution in [0.1, 0.15) is 64.9 Å². The van der Waals surface area contributed by atoms with Crippen molar-refractivity contribution < 1.29 is 33.4 Å². The van der Waals surface area contributed by atoms with Crippen LogP contribution in [0.4, 0.5) is 0 Å². The highest BCUT2D eigenvalue weighted by molar-refractivity contribution is 5.97. The number of likely N-dealkylation sites (N-methyl/N-ethyl adjacent to an activating group) is 1. The second kappa shape index (κ2) is 14.4. The third-order valence-corrected chi connectivity index (χ3v) is 8.31. The van der Waals surface area contributed by atoms with Crippen molar-refractivity contribution in [2.24, 2.45) is 5.92 Å². The zero-order chi connectivity index (χ0) is 33.8. The fourth-order valence-corrected chi connectivity index (χ4v) is 5.96. The number of ketones is 1. The zero-order valence-corrected chi connectivity index (χ0v) is 27.9. The van der Waals surface area contributed by atoms with Crippen molar-refractivity contribution >= 4 is 23.5 Å². The Kier molecular flexibility index (Phi) is 10.3. The Morgan fingerprint density at radius 3 is 2.62 bits per heavy atom. The van der Waals surface area contributed by atoms with E-state index >= 15 is 0 Å². The van der Waals surface area contributed by atoms with Gasteiger partial charge in [-0.2, -0.15) is 5.10 Å².